The minimum absolute atomic E-state index is 0.750. The predicted molar refractivity (Wildman–Crippen MR) is 86.9 cm³/mol. The molecule has 108 valence electrons. The van der Waals surface area contributed by atoms with Gasteiger partial charge in [0.2, 0.25) is 0 Å². The molecule has 2 nitrogen and oxygen atoms in total. The molecule has 0 N–H and O–H groups in total. The summed E-state index contributed by atoms with van der Waals surface area (Å²) in [5, 5.41) is 0. The minimum atomic E-state index is -1.14. The maximum Gasteiger partial charge on any atom is 0.132 e. The lowest BCUT2D eigenvalue weighted by molar-refractivity contribution is 0.474. The van der Waals surface area contributed by atoms with Crippen molar-refractivity contribution in [2.45, 2.75) is 16.2 Å². The van der Waals surface area contributed by atoms with Crippen LogP contribution in [0.25, 0.3) is 0 Å². The number of para-hydroxylation sites is 1. The molecular formula is C19H14O2S. The fraction of sp³-hybridized carbons (Fsp3) is 0.0526. The van der Waals surface area contributed by atoms with Crippen molar-refractivity contribution in [1.29, 1.82) is 0 Å². The summed E-state index contributed by atoms with van der Waals surface area (Å²) in [6.45, 7) is 0. The number of fused-ring (bicyclic) bond motifs is 2. The Kier molecular flexibility index (Phi) is 3.28. The van der Waals surface area contributed by atoms with Crippen LogP contribution < -0.4 is 4.74 Å². The zero-order chi connectivity index (χ0) is 14.9. The Morgan fingerprint density at radius 2 is 1.50 bits per heavy atom. The maximum absolute atomic E-state index is 12.8. The Bertz CT molecular complexity index is 856. The lowest BCUT2D eigenvalue weighted by Gasteiger charge is -2.21. The van der Waals surface area contributed by atoms with Gasteiger partial charge in [-0.25, -0.2) is 4.21 Å². The third-order valence-electron chi connectivity index (χ3n) is 3.80. The van der Waals surface area contributed by atoms with Crippen molar-refractivity contribution in [2.75, 3.05) is 0 Å². The molecule has 22 heavy (non-hydrogen) atoms. The second-order valence-electron chi connectivity index (χ2n) is 5.20. The molecule has 0 saturated carbocycles. The summed E-state index contributed by atoms with van der Waals surface area (Å²) in [6.07, 6.45) is 0.750. The van der Waals surface area contributed by atoms with Gasteiger partial charge in [0.15, 0.2) is 0 Å². The summed E-state index contributed by atoms with van der Waals surface area (Å²) in [5.41, 5.74) is 2.13. The summed E-state index contributed by atoms with van der Waals surface area (Å²) in [7, 11) is -1.14. The quantitative estimate of drug-likeness (QED) is 0.543. The van der Waals surface area contributed by atoms with E-state index in [9.17, 15) is 4.21 Å². The minimum Gasteiger partial charge on any atom is -0.457 e. The standard InChI is InChI=1S/C19H14O2S/c20-22-18-11-5-4-7-14(18)13-16-17(10-6-12-19(16)22)21-15-8-2-1-3-9-15/h1-12H,13H2. The van der Waals surface area contributed by atoms with Crippen LogP contribution in [0, 0.1) is 0 Å². The maximum atomic E-state index is 12.8. The summed E-state index contributed by atoms with van der Waals surface area (Å²) >= 11 is 0. The number of benzene rings is 3. The first kappa shape index (κ1) is 13.3. The van der Waals surface area contributed by atoms with Gasteiger partial charge >= 0.3 is 0 Å². The van der Waals surface area contributed by atoms with Crippen molar-refractivity contribution in [1.82, 2.24) is 0 Å². The van der Waals surface area contributed by atoms with Crippen LogP contribution in [0.3, 0.4) is 0 Å². The summed E-state index contributed by atoms with van der Waals surface area (Å²) < 4.78 is 18.8. The van der Waals surface area contributed by atoms with Crippen molar-refractivity contribution in [3.63, 3.8) is 0 Å². The lowest BCUT2D eigenvalue weighted by atomic mass is 10.0. The van der Waals surface area contributed by atoms with Gasteiger partial charge in [-0.3, -0.25) is 0 Å². The van der Waals surface area contributed by atoms with Crippen LogP contribution in [-0.2, 0) is 17.2 Å². The molecule has 1 heterocycles. The van der Waals surface area contributed by atoms with Crippen LogP contribution in [0.4, 0.5) is 0 Å². The highest BCUT2D eigenvalue weighted by atomic mass is 32.2. The molecule has 1 unspecified atom stereocenters. The zero-order valence-corrected chi connectivity index (χ0v) is 12.7. The fourth-order valence-corrected chi connectivity index (χ4v) is 4.16. The molecule has 3 aromatic rings. The average Bonchev–Trinajstić information content (AvgIpc) is 2.57. The highest BCUT2D eigenvalue weighted by Gasteiger charge is 2.24. The van der Waals surface area contributed by atoms with Crippen LogP contribution in [0.5, 0.6) is 11.5 Å². The van der Waals surface area contributed by atoms with Crippen LogP contribution in [0.1, 0.15) is 11.1 Å². The molecule has 0 radical (unpaired) electrons. The van der Waals surface area contributed by atoms with E-state index in [-0.39, 0.29) is 0 Å². The first-order valence-corrected chi connectivity index (χ1v) is 8.32. The van der Waals surface area contributed by atoms with Gasteiger partial charge in [0.25, 0.3) is 0 Å². The molecular weight excluding hydrogens is 292 g/mol. The third kappa shape index (κ3) is 2.24. The fourth-order valence-electron chi connectivity index (χ4n) is 2.74. The number of rotatable bonds is 2. The Morgan fingerprint density at radius 1 is 0.773 bits per heavy atom. The zero-order valence-electron chi connectivity index (χ0n) is 11.9. The largest absolute Gasteiger partial charge is 0.457 e. The predicted octanol–water partition coefficient (Wildman–Crippen LogP) is 4.55. The molecule has 4 rings (SSSR count). The SMILES string of the molecule is O=S1c2ccccc2Cc2c(Oc3ccccc3)cccc21. The van der Waals surface area contributed by atoms with Gasteiger partial charge in [-0.15, -0.1) is 0 Å². The van der Waals surface area contributed by atoms with E-state index < -0.39 is 10.8 Å². The van der Waals surface area contributed by atoms with E-state index in [1.165, 1.54) is 0 Å². The molecule has 0 fully saturated rings. The van der Waals surface area contributed by atoms with E-state index in [1.54, 1.807) is 0 Å². The Balaban J connectivity index is 1.79. The summed E-state index contributed by atoms with van der Waals surface area (Å²) in [4.78, 5) is 1.76. The highest BCUT2D eigenvalue weighted by Crippen LogP contribution is 2.37. The molecule has 1 atom stereocenters. The summed E-state index contributed by atoms with van der Waals surface area (Å²) in [6, 6.07) is 23.4. The van der Waals surface area contributed by atoms with Gasteiger partial charge in [-0.1, -0.05) is 42.5 Å². The number of hydrogen-bond donors (Lipinski definition) is 0. The van der Waals surface area contributed by atoms with Gasteiger partial charge < -0.3 is 4.74 Å². The molecule has 0 spiro atoms. The first-order valence-electron chi connectivity index (χ1n) is 7.17. The Morgan fingerprint density at radius 3 is 2.36 bits per heavy atom. The van der Waals surface area contributed by atoms with E-state index >= 15 is 0 Å². The molecule has 1 aliphatic heterocycles. The Hall–Kier alpha value is -2.39. The van der Waals surface area contributed by atoms with Gasteiger partial charge in [-0.05, 0) is 35.9 Å². The molecule has 3 aromatic carbocycles. The molecule has 0 bridgehead atoms. The molecule has 0 aliphatic carbocycles. The van der Waals surface area contributed by atoms with E-state index in [1.807, 2.05) is 72.8 Å². The Labute approximate surface area is 131 Å². The smallest absolute Gasteiger partial charge is 0.132 e. The topological polar surface area (TPSA) is 26.3 Å². The van der Waals surface area contributed by atoms with E-state index in [0.29, 0.717) is 0 Å². The van der Waals surface area contributed by atoms with Crippen LogP contribution in [-0.4, -0.2) is 4.21 Å². The van der Waals surface area contributed by atoms with Gasteiger partial charge in [0.05, 0.1) is 15.7 Å². The monoisotopic (exact) mass is 306 g/mol. The van der Waals surface area contributed by atoms with Crippen LogP contribution in [0.2, 0.25) is 0 Å². The van der Waals surface area contributed by atoms with Gasteiger partial charge in [-0.2, -0.15) is 0 Å². The molecule has 0 aromatic heterocycles. The van der Waals surface area contributed by atoms with Crippen molar-refractivity contribution >= 4 is 10.8 Å². The second kappa shape index (κ2) is 5.43. The lowest BCUT2D eigenvalue weighted by Crippen LogP contribution is -2.10. The van der Waals surface area contributed by atoms with Crippen molar-refractivity contribution in [3.8, 4) is 11.5 Å². The van der Waals surface area contributed by atoms with Gasteiger partial charge in [0, 0.05) is 16.9 Å². The van der Waals surface area contributed by atoms with Gasteiger partial charge in [0.1, 0.15) is 11.5 Å². The van der Waals surface area contributed by atoms with Crippen molar-refractivity contribution < 1.29 is 8.95 Å². The molecule has 0 amide bonds. The summed E-state index contributed by atoms with van der Waals surface area (Å²) in [5.74, 6) is 1.58. The van der Waals surface area contributed by atoms with Crippen molar-refractivity contribution in [2.24, 2.45) is 0 Å². The average molecular weight is 306 g/mol. The second-order valence-corrected chi connectivity index (χ2v) is 6.62. The van der Waals surface area contributed by atoms with Crippen LogP contribution >= 0.6 is 0 Å². The molecule has 3 heteroatoms. The molecule has 0 saturated heterocycles. The van der Waals surface area contributed by atoms with Crippen molar-refractivity contribution in [3.05, 3.63) is 83.9 Å². The van der Waals surface area contributed by atoms with E-state index in [4.69, 9.17) is 4.74 Å². The normalized spacial score (nSPS) is 15.7. The van der Waals surface area contributed by atoms with E-state index in [2.05, 4.69) is 0 Å². The number of ether oxygens (including phenoxy) is 1. The number of hydrogen-bond acceptors (Lipinski definition) is 2. The first-order chi connectivity index (χ1) is 10.8. The van der Waals surface area contributed by atoms with Crippen LogP contribution in [0.15, 0.2) is 82.6 Å². The van der Waals surface area contributed by atoms with E-state index in [0.717, 1.165) is 38.8 Å². The third-order valence-corrected chi connectivity index (χ3v) is 5.38. The molecule has 1 aliphatic rings. The highest BCUT2D eigenvalue weighted by molar-refractivity contribution is 7.85.